The van der Waals surface area contributed by atoms with Crippen LogP contribution >= 0.6 is 24.0 Å². The van der Waals surface area contributed by atoms with E-state index in [4.69, 9.17) is 11.6 Å². The van der Waals surface area contributed by atoms with E-state index in [1.807, 2.05) is 25.1 Å². The zero-order valence-corrected chi connectivity index (χ0v) is 13.1. The highest BCUT2D eigenvalue weighted by Gasteiger charge is 2.57. The van der Waals surface area contributed by atoms with Gasteiger partial charge in [-0.05, 0) is 62.4 Å². The molecule has 2 aliphatic rings. The molecule has 1 aliphatic carbocycles. The number of hydrogen-bond donors (Lipinski definition) is 2. The highest BCUT2D eigenvalue weighted by molar-refractivity contribution is 6.31. The van der Waals surface area contributed by atoms with Crippen molar-refractivity contribution >= 4 is 35.6 Å². The van der Waals surface area contributed by atoms with Crippen LogP contribution in [-0.4, -0.2) is 19.0 Å². The van der Waals surface area contributed by atoms with Gasteiger partial charge in [0, 0.05) is 16.6 Å². The van der Waals surface area contributed by atoms with Gasteiger partial charge in [-0.3, -0.25) is 4.79 Å². The second-order valence-corrected chi connectivity index (χ2v) is 6.25. The van der Waals surface area contributed by atoms with Crippen molar-refractivity contribution < 1.29 is 4.79 Å². The average Bonchev–Trinajstić information content (AvgIpc) is 3.08. The van der Waals surface area contributed by atoms with Gasteiger partial charge in [-0.25, -0.2) is 0 Å². The number of benzene rings is 1. The van der Waals surface area contributed by atoms with Crippen LogP contribution in [0.2, 0.25) is 5.02 Å². The summed E-state index contributed by atoms with van der Waals surface area (Å²) in [5.41, 5.74) is 2.17. The molecular formula is C15H20Cl2N2O. The van der Waals surface area contributed by atoms with Crippen LogP contribution in [0.15, 0.2) is 18.2 Å². The van der Waals surface area contributed by atoms with Crippen LogP contribution in [0.1, 0.15) is 24.8 Å². The van der Waals surface area contributed by atoms with E-state index in [1.165, 1.54) is 0 Å². The number of amides is 1. The van der Waals surface area contributed by atoms with E-state index in [0.29, 0.717) is 5.02 Å². The Morgan fingerprint density at radius 1 is 1.40 bits per heavy atom. The summed E-state index contributed by atoms with van der Waals surface area (Å²) in [6, 6.07) is 5.61. The third kappa shape index (κ3) is 2.95. The van der Waals surface area contributed by atoms with Crippen LogP contribution in [0.4, 0.5) is 5.69 Å². The number of carbonyl (C=O) groups excluding carboxylic acids is 1. The van der Waals surface area contributed by atoms with E-state index in [9.17, 15) is 4.79 Å². The lowest BCUT2D eigenvalue weighted by molar-refractivity contribution is -0.118. The third-order valence-corrected chi connectivity index (χ3v) is 4.80. The van der Waals surface area contributed by atoms with Crippen molar-refractivity contribution in [3.63, 3.8) is 0 Å². The minimum atomic E-state index is 0. The molecule has 0 bridgehead atoms. The van der Waals surface area contributed by atoms with Gasteiger partial charge in [-0.15, -0.1) is 12.4 Å². The summed E-state index contributed by atoms with van der Waals surface area (Å²) in [5, 5.41) is 7.06. The van der Waals surface area contributed by atoms with Crippen LogP contribution in [0.25, 0.3) is 0 Å². The second-order valence-electron chi connectivity index (χ2n) is 5.82. The number of rotatable bonds is 2. The fourth-order valence-electron chi connectivity index (χ4n) is 3.14. The monoisotopic (exact) mass is 314 g/mol. The molecule has 1 spiro atoms. The molecule has 1 aliphatic heterocycles. The molecule has 2 N–H and O–H groups in total. The molecule has 110 valence electrons. The lowest BCUT2D eigenvalue weighted by atomic mass is 9.91. The molecule has 3 rings (SSSR count). The van der Waals surface area contributed by atoms with Crippen molar-refractivity contribution in [1.29, 1.82) is 0 Å². The SMILES string of the molecule is Cc1ccc(Cl)cc1NC(=O)C1CC12CCNCC2.Cl. The maximum Gasteiger partial charge on any atom is 0.228 e. The molecule has 1 saturated heterocycles. The first kappa shape index (κ1) is 15.6. The van der Waals surface area contributed by atoms with Crippen LogP contribution in [0.3, 0.4) is 0 Å². The molecule has 2 fully saturated rings. The minimum absolute atomic E-state index is 0. The summed E-state index contributed by atoms with van der Waals surface area (Å²) in [7, 11) is 0. The summed E-state index contributed by atoms with van der Waals surface area (Å²) in [6.07, 6.45) is 3.29. The van der Waals surface area contributed by atoms with Crippen molar-refractivity contribution in [3.05, 3.63) is 28.8 Å². The maximum atomic E-state index is 12.3. The molecular weight excluding hydrogens is 295 g/mol. The van der Waals surface area contributed by atoms with Crippen molar-refractivity contribution in [2.45, 2.75) is 26.2 Å². The van der Waals surface area contributed by atoms with E-state index in [-0.39, 0.29) is 29.6 Å². The zero-order valence-electron chi connectivity index (χ0n) is 11.5. The quantitative estimate of drug-likeness (QED) is 0.878. The third-order valence-electron chi connectivity index (χ3n) is 4.56. The average molecular weight is 315 g/mol. The predicted octanol–water partition coefficient (Wildman–Crippen LogP) is 3.40. The molecule has 3 nitrogen and oxygen atoms in total. The number of hydrogen-bond acceptors (Lipinski definition) is 2. The van der Waals surface area contributed by atoms with E-state index in [2.05, 4.69) is 10.6 Å². The molecule has 1 aromatic carbocycles. The standard InChI is InChI=1S/C15H19ClN2O.ClH/c1-10-2-3-11(16)8-13(10)18-14(19)12-9-15(12)4-6-17-7-5-15;/h2-3,8,12,17H,4-7,9H2,1H3,(H,18,19);1H. The number of carbonyl (C=O) groups is 1. The van der Waals surface area contributed by atoms with E-state index in [1.54, 1.807) is 0 Å². The number of aryl methyl sites for hydroxylation is 1. The summed E-state index contributed by atoms with van der Waals surface area (Å²) in [6.45, 7) is 4.07. The summed E-state index contributed by atoms with van der Waals surface area (Å²) in [5.74, 6) is 0.347. The molecule has 5 heteroatoms. The van der Waals surface area contributed by atoms with Gasteiger partial charge in [0.2, 0.25) is 5.91 Å². The maximum absolute atomic E-state index is 12.3. The van der Waals surface area contributed by atoms with Crippen LogP contribution in [0, 0.1) is 18.3 Å². The fraction of sp³-hybridized carbons (Fsp3) is 0.533. The lowest BCUT2D eigenvalue weighted by Crippen LogP contribution is -2.31. The largest absolute Gasteiger partial charge is 0.326 e. The van der Waals surface area contributed by atoms with E-state index >= 15 is 0 Å². The van der Waals surface area contributed by atoms with Gasteiger partial charge in [-0.2, -0.15) is 0 Å². The van der Waals surface area contributed by atoms with Crippen molar-refractivity contribution in [3.8, 4) is 0 Å². The summed E-state index contributed by atoms with van der Waals surface area (Å²) < 4.78 is 0. The van der Waals surface area contributed by atoms with Gasteiger partial charge < -0.3 is 10.6 Å². The van der Waals surface area contributed by atoms with Gasteiger partial charge in [0.05, 0.1) is 0 Å². The van der Waals surface area contributed by atoms with Crippen molar-refractivity contribution in [1.82, 2.24) is 5.32 Å². The Morgan fingerprint density at radius 2 is 2.10 bits per heavy atom. The Kier molecular flexibility index (Phi) is 4.62. The fourth-order valence-corrected chi connectivity index (χ4v) is 3.32. The Bertz CT molecular complexity index is 513. The predicted molar refractivity (Wildman–Crippen MR) is 84.7 cm³/mol. The second kappa shape index (κ2) is 5.92. The number of nitrogens with one attached hydrogen (secondary N) is 2. The van der Waals surface area contributed by atoms with Gasteiger partial charge in [-0.1, -0.05) is 17.7 Å². The molecule has 0 aromatic heterocycles. The van der Waals surface area contributed by atoms with Gasteiger partial charge >= 0.3 is 0 Å². The number of halogens is 2. The summed E-state index contributed by atoms with van der Waals surface area (Å²) >= 11 is 5.98. The highest BCUT2D eigenvalue weighted by atomic mass is 35.5. The highest BCUT2D eigenvalue weighted by Crippen LogP contribution is 2.58. The first-order valence-electron chi connectivity index (χ1n) is 6.88. The molecule has 1 unspecified atom stereocenters. The van der Waals surface area contributed by atoms with Crippen LogP contribution < -0.4 is 10.6 Å². The Labute approximate surface area is 130 Å². The Hall–Kier alpha value is -0.770. The van der Waals surface area contributed by atoms with Gasteiger partial charge in [0.1, 0.15) is 0 Å². The first-order valence-corrected chi connectivity index (χ1v) is 7.26. The van der Waals surface area contributed by atoms with E-state index in [0.717, 1.165) is 43.6 Å². The molecule has 1 saturated carbocycles. The van der Waals surface area contributed by atoms with Gasteiger partial charge in [0.15, 0.2) is 0 Å². The van der Waals surface area contributed by atoms with Gasteiger partial charge in [0.25, 0.3) is 0 Å². The Balaban J connectivity index is 0.00000147. The molecule has 0 radical (unpaired) electrons. The first-order chi connectivity index (χ1) is 9.11. The number of piperidine rings is 1. The molecule has 1 amide bonds. The number of anilines is 1. The molecule has 1 aromatic rings. The normalized spacial score (nSPS) is 23.0. The molecule has 20 heavy (non-hydrogen) atoms. The van der Waals surface area contributed by atoms with E-state index < -0.39 is 0 Å². The molecule has 1 heterocycles. The van der Waals surface area contributed by atoms with Crippen molar-refractivity contribution in [2.75, 3.05) is 18.4 Å². The summed E-state index contributed by atoms with van der Waals surface area (Å²) in [4.78, 5) is 12.3. The van der Waals surface area contributed by atoms with Crippen LogP contribution in [0.5, 0.6) is 0 Å². The molecule has 1 atom stereocenters. The van der Waals surface area contributed by atoms with Crippen molar-refractivity contribution in [2.24, 2.45) is 11.3 Å². The Morgan fingerprint density at radius 3 is 2.80 bits per heavy atom. The smallest absolute Gasteiger partial charge is 0.228 e. The topological polar surface area (TPSA) is 41.1 Å². The van der Waals surface area contributed by atoms with Crippen LogP contribution in [-0.2, 0) is 4.79 Å². The minimum Gasteiger partial charge on any atom is -0.326 e. The lowest BCUT2D eigenvalue weighted by Gasteiger charge is -2.23. The zero-order chi connectivity index (χ0) is 13.5.